The van der Waals surface area contributed by atoms with Crippen molar-refractivity contribution in [3.63, 3.8) is 0 Å². The molecule has 0 unspecified atom stereocenters. The number of rotatable bonds is 11. The van der Waals surface area contributed by atoms with Gasteiger partial charge in [-0.3, -0.25) is 9.52 Å². The molecule has 196 valence electrons. The van der Waals surface area contributed by atoms with Crippen molar-refractivity contribution >= 4 is 40.0 Å². The molecule has 0 radical (unpaired) electrons. The first-order valence-electron chi connectivity index (χ1n) is 11.8. The molecule has 5 nitrogen and oxygen atoms in total. The summed E-state index contributed by atoms with van der Waals surface area (Å²) in [7, 11) is 0. The van der Waals surface area contributed by atoms with E-state index < -0.39 is 23.0 Å². The van der Waals surface area contributed by atoms with Crippen molar-refractivity contribution in [1.29, 1.82) is 0 Å². The van der Waals surface area contributed by atoms with E-state index in [1.807, 2.05) is 13.2 Å². The number of hydrogen-bond acceptors (Lipinski definition) is 7. The number of nitrogens with zero attached hydrogens (tertiary/aromatic N) is 1. The third-order valence-corrected chi connectivity index (χ3v) is 5.99. The van der Waals surface area contributed by atoms with Crippen molar-refractivity contribution in [2.75, 3.05) is 30.4 Å². The van der Waals surface area contributed by atoms with Crippen LogP contribution in [0.15, 0.2) is 42.0 Å². The molecule has 1 aromatic heterocycles. The van der Waals surface area contributed by atoms with Crippen LogP contribution in [0.2, 0.25) is 0 Å². The van der Waals surface area contributed by atoms with Crippen LogP contribution in [0.3, 0.4) is 0 Å². The van der Waals surface area contributed by atoms with Gasteiger partial charge in [0.05, 0.1) is 5.56 Å². The minimum absolute atomic E-state index is 0.0266. The minimum Gasteiger partial charge on any atom is -0.382 e. The molecule has 2 rings (SSSR count). The molecule has 0 fully saturated rings. The molecule has 0 aliphatic heterocycles. The average Bonchev–Trinajstić information content (AvgIpc) is 3.22. The number of nitrogen functional groups attached to an aromatic ring is 1. The smallest absolute Gasteiger partial charge is 0.212 e. The largest absolute Gasteiger partial charge is 0.382 e. The Morgan fingerprint density at radius 2 is 1.80 bits per heavy atom. The molecule has 1 heterocycles. The van der Waals surface area contributed by atoms with E-state index >= 15 is 0 Å². The molecule has 0 aliphatic rings. The highest BCUT2D eigenvalue weighted by Gasteiger charge is 2.23. The molecule has 0 saturated carbocycles. The maximum absolute atomic E-state index is 13.6. The number of allylic oxidation sites excluding steroid dienone is 4. The topological polar surface area (TPSA) is 80.0 Å². The first kappa shape index (κ1) is 32.8. The maximum Gasteiger partial charge on any atom is 0.212 e. The summed E-state index contributed by atoms with van der Waals surface area (Å²) in [5.74, 6) is -2.64. The zero-order valence-corrected chi connectivity index (χ0v) is 23.3. The highest BCUT2D eigenvalue weighted by molar-refractivity contribution is 7.96. The Kier molecular flexibility index (Phi) is 18.7. The first-order chi connectivity index (χ1) is 16.8. The lowest BCUT2D eigenvalue weighted by Gasteiger charge is -2.02. The second-order valence-electron chi connectivity index (χ2n) is 7.39. The second kappa shape index (κ2) is 20.0. The molecule has 0 spiro atoms. The number of hydrogen-bond donors (Lipinski definition) is 3. The van der Waals surface area contributed by atoms with Gasteiger partial charge in [-0.1, -0.05) is 73.9 Å². The zero-order valence-electron chi connectivity index (χ0n) is 21.7. The third kappa shape index (κ3) is 13.4. The van der Waals surface area contributed by atoms with Gasteiger partial charge in [0.2, 0.25) is 5.78 Å². The van der Waals surface area contributed by atoms with Gasteiger partial charge in [-0.2, -0.15) is 0 Å². The summed E-state index contributed by atoms with van der Waals surface area (Å²) in [5.41, 5.74) is 6.52. The van der Waals surface area contributed by atoms with Gasteiger partial charge < -0.3 is 11.1 Å². The van der Waals surface area contributed by atoms with Crippen LogP contribution in [0, 0.1) is 11.6 Å². The van der Waals surface area contributed by atoms with Crippen LogP contribution in [0.5, 0.6) is 0 Å². The average molecular weight is 527 g/mol. The fraction of sp³-hybridized carbons (Fsp3) is 0.462. The van der Waals surface area contributed by atoms with Crippen LogP contribution in [0.1, 0.15) is 75.5 Å². The van der Waals surface area contributed by atoms with Crippen LogP contribution in [0.25, 0.3) is 0 Å². The molecule has 2 aromatic rings. The lowest BCUT2D eigenvalue weighted by atomic mass is 10.1. The van der Waals surface area contributed by atoms with Gasteiger partial charge in [0.15, 0.2) is 5.13 Å². The number of thiazole rings is 1. The van der Waals surface area contributed by atoms with E-state index in [0.29, 0.717) is 11.7 Å². The number of nitrogens with one attached hydrogen (secondary N) is 2. The van der Waals surface area contributed by atoms with E-state index in [9.17, 15) is 13.6 Å². The van der Waals surface area contributed by atoms with Crippen LogP contribution in [-0.4, -0.2) is 30.1 Å². The predicted molar refractivity (Wildman–Crippen MR) is 150 cm³/mol. The first-order valence-corrected chi connectivity index (χ1v) is 13.8. The minimum atomic E-state index is -0.911. The molecule has 0 amide bonds. The van der Waals surface area contributed by atoms with Gasteiger partial charge in [0.1, 0.15) is 22.3 Å². The molecule has 9 heteroatoms. The molecule has 0 bridgehead atoms. The molecule has 0 atom stereocenters. The Balaban J connectivity index is 0.000000639. The number of benzene rings is 1. The van der Waals surface area contributed by atoms with E-state index in [2.05, 4.69) is 60.9 Å². The van der Waals surface area contributed by atoms with Crippen LogP contribution < -0.4 is 15.8 Å². The summed E-state index contributed by atoms with van der Waals surface area (Å²) in [6.07, 6.45) is 12.9. The second-order valence-corrected chi connectivity index (χ2v) is 9.09. The van der Waals surface area contributed by atoms with Crippen molar-refractivity contribution in [3.05, 3.63) is 64.1 Å². The van der Waals surface area contributed by atoms with Crippen LogP contribution in [0.4, 0.5) is 19.7 Å². The zero-order chi connectivity index (χ0) is 26.6. The third-order valence-electron chi connectivity index (χ3n) is 4.47. The van der Waals surface area contributed by atoms with Crippen molar-refractivity contribution in [3.8, 4) is 0 Å². The number of anilines is 2. The van der Waals surface area contributed by atoms with Crippen molar-refractivity contribution in [1.82, 2.24) is 9.71 Å². The van der Waals surface area contributed by atoms with Crippen molar-refractivity contribution < 1.29 is 13.6 Å². The standard InChI is InChI=1S/C13H13F2N3OS.C9H16.C4H11NS/c1-2-6-17-13-18-12(16)11(20-13)10(19)9-7(14)4-3-5-8(9)15;1-4-6-7-8-9(3)5-2;1-3-4-5-6-2/h3-5H,2,6,16H2,1H3,(H,17,18);4,6,8H,5,7H2,1-3H3;5H,3-4H2,1-2H3/b;6-4-,9-8-;. The van der Waals surface area contributed by atoms with Gasteiger partial charge in [-0.15, -0.1) is 0 Å². The maximum atomic E-state index is 13.6. The van der Waals surface area contributed by atoms with Crippen molar-refractivity contribution in [2.24, 2.45) is 0 Å². The normalized spacial score (nSPS) is 10.9. The van der Waals surface area contributed by atoms with Crippen LogP contribution >= 0.6 is 23.3 Å². The Morgan fingerprint density at radius 1 is 1.17 bits per heavy atom. The molecule has 35 heavy (non-hydrogen) atoms. The van der Waals surface area contributed by atoms with Gasteiger partial charge >= 0.3 is 0 Å². The lowest BCUT2D eigenvalue weighted by molar-refractivity contribution is 0.103. The molecule has 0 aliphatic carbocycles. The monoisotopic (exact) mass is 526 g/mol. The Hall–Kier alpha value is -2.23. The SMILES string of the molecule is C/C=C\C/C=C(/C)CC.CCCNSC.CCCNc1nc(N)c(C(=O)c2c(F)cccc2F)s1. The van der Waals surface area contributed by atoms with Gasteiger partial charge in [0, 0.05) is 13.1 Å². The highest BCUT2D eigenvalue weighted by Crippen LogP contribution is 2.29. The Bertz CT molecular complexity index is 906. The summed E-state index contributed by atoms with van der Waals surface area (Å²) < 4.78 is 30.3. The van der Waals surface area contributed by atoms with Gasteiger partial charge in [-0.25, -0.2) is 13.8 Å². The fourth-order valence-electron chi connectivity index (χ4n) is 2.38. The molecule has 1 aromatic carbocycles. The number of halogens is 2. The summed E-state index contributed by atoms with van der Waals surface area (Å²) in [4.78, 5) is 16.2. The molecule has 0 saturated heterocycles. The molecular weight excluding hydrogens is 486 g/mol. The number of carbonyl (C=O) groups is 1. The van der Waals surface area contributed by atoms with Crippen LogP contribution in [-0.2, 0) is 0 Å². The summed E-state index contributed by atoms with van der Waals surface area (Å²) >= 11 is 2.67. The van der Waals surface area contributed by atoms with E-state index in [-0.39, 0.29) is 10.7 Å². The van der Waals surface area contributed by atoms with E-state index in [1.165, 1.54) is 24.5 Å². The summed E-state index contributed by atoms with van der Waals surface area (Å²) in [6.45, 7) is 12.3. The van der Waals surface area contributed by atoms with Gasteiger partial charge in [0.25, 0.3) is 0 Å². The Morgan fingerprint density at radius 3 is 2.29 bits per heavy atom. The quantitative estimate of drug-likeness (QED) is 0.121. The Labute approximate surface area is 217 Å². The molecular formula is C26H40F2N4OS2. The van der Waals surface area contributed by atoms with Gasteiger partial charge in [-0.05, 0) is 57.9 Å². The number of aromatic nitrogens is 1. The van der Waals surface area contributed by atoms with E-state index in [0.717, 1.165) is 42.9 Å². The number of ketones is 1. The predicted octanol–water partition coefficient (Wildman–Crippen LogP) is 7.63. The number of carbonyl (C=O) groups excluding carboxylic acids is 1. The van der Waals surface area contributed by atoms with E-state index in [1.54, 1.807) is 11.9 Å². The highest BCUT2D eigenvalue weighted by atomic mass is 32.2. The van der Waals surface area contributed by atoms with Crippen molar-refractivity contribution in [2.45, 2.75) is 60.3 Å². The summed E-state index contributed by atoms with van der Waals surface area (Å²) in [6, 6.07) is 3.26. The number of nitrogens with two attached hydrogens (primary N) is 1. The lowest BCUT2D eigenvalue weighted by Crippen LogP contribution is -2.07. The fourth-order valence-corrected chi connectivity index (χ4v) is 3.65. The summed E-state index contributed by atoms with van der Waals surface area (Å²) in [5, 5.41) is 3.44. The molecule has 4 N–H and O–H groups in total. The van der Waals surface area contributed by atoms with E-state index in [4.69, 9.17) is 5.73 Å².